The molecule has 0 unspecified atom stereocenters. The summed E-state index contributed by atoms with van der Waals surface area (Å²) in [6.07, 6.45) is 29.2. The van der Waals surface area contributed by atoms with Crippen molar-refractivity contribution < 1.29 is 12.6 Å². The van der Waals surface area contributed by atoms with Gasteiger partial charge < -0.3 is 0 Å². The van der Waals surface area contributed by atoms with E-state index in [0.29, 0.717) is 6.61 Å². The van der Waals surface area contributed by atoms with Crippen LogP contribution >= 0.6 is 0 Å². The largest absolute Gasteiger partial charge is 0.270 e. The normalized spacial score (nSPS) is 12.2. The van der Waals surface area contributed by atoms with Crippen molar-refractivity contribution in [3.63, 3.8) is 0 Å². The first-order valence-corrected chi connectivity index (χ1v) is 13.4. The lowest BCUT2D eigenvalue weighted by atomic mass is 10.1. The quantitative estimate of drug-likeness (QED) is 0.113. The maximum atomic E-state index is 10.8. The lowest BCUT2D eigenvalue weighted by Crippen LogP contribution is -2.03. The second-order valence-electron chi connectivity index (χ2n) is 7.88. The van der Waals surface area contributed by atoms with Crippen LogP contribution < -0.4 is 0 Å². The van der Waals surface area contributed by atoms with Gasteiger partial charge in [-0.05, 0) is 32.1 Å². The highest BCUT2D eigenvalue weighted by atomic mass is 32.2. The molecule has 0 saturated heterocycles. The van der Waals surface area contributed by atoms with Crippen molar-refractivity contribution in [3.05, 3.63) is 12.2 Å². The van der Waals surface area contributed by atoms with Gasteiger partial charge in [0.05, 0.1) is 12.9 Å². The molecule has 0 aliphatic rings. The van der Waals surface area contributed by atoms with E-state index < -0.39 is 10.1 Å². The smallest absolute Gasteiger partial charge is 0.264 e. The van der Waals surface area contributed by atoms with Crippen LogP contribution in [-0.4, -0.2) is 21.3 Å². The minimum absolute atomic E-state index is 0.340. The Morgan fingerprint density at radius 3 is 1.37 bits per heavy atom. The van der Waals surface area contributed by atoms with Crippen molar-refractivity contribution in [1.29, 1.82) is 0 Å². The standard InChI is InChI=1S/C23H46O3S/c1-3-4-5-6-7-8-9-10-11-12-13-14-15-16-17-18-19-20-21-22-23-26-27(2,24)25/h10-11H,3-9,12-23H2,1-2H3. The molecule has 0 saturated carbocycles. The summed E-state index contributed by atoms with van der Waals surface area (Å²) < 4.78 is 26.3. The van der Waals surface area contributed by atoms with Crippen LogP contribution in [-0.2, 0) is 14.3 Å². The van der Waals surface area contributed by atoms with E-state index in [-0.39, 0.29) is 0 Å². The minimum atomic E-state index is -3.25. The molecule has 0 aliphatic carbocycles. The summed E-state index contributed by atoms with van der Waals surface area (Å²) >= 11 is 0. The molecular formula is C23H46O3S. The molecule has 27 heavy (non-hydrogen) atoms. The predicted octanol–water partition coefficient (Wildman–Crippen LogP) is 7.56. The van der Waals surface area contributed by atoms with E-state index in [0.717, 1.165) is 19.1 Å². The fourth-order valence-electron chi connectivity index (χ4n) is 3.27. The molecule has 0 aromatic carbocycles. The Labute approximate surface area is 170 Å². The van der Waals surface area contributed by atoms with E-state index in [1.54, 1.807) is 0 Å². The van der Waals surface area contributed by atoms with Crippen molar-refractivity contribution in [2.24, 2.45) is 0 Å². The molecule has 0 aliphatic heterocycles. The molecule has 0 rings (SSSR count). The number of rotatable bonds is 21. The van der Waals surface area contributed by atoms with E-state index in [1.165, 1.54) is 103 Å². The third kappa shape index (κ3) is 25.7. The highest BCUT2D eigenvalue weighted by molar-refractivity contribution is 7.85. The zero-order chi connectivity index (χ0) is 20.1. The molecule has 0 atom stereocenters. The zero-order valence-electron chi connectivity index (χ0n) is 18.2. The Kier molecular flexibility index (Phi) is 20.1. The summed E-state index contributed by atoms with van der Waals surface area (Å²) in [5.74, 6) is 0. The second kappa shape index (κ2) is 20.4. The Morgan fingerprint density at radius 2 is 0.963 bits per heavy atom. The molecular weight excluding hydrogens is 356 g/mol. The van der Waals surface area contributed by atoms with Crippen molar-refractivity contribution in [3.8, 4) is 0 Å². The summed E-state index contributed by atoms with van der Waals surface area (Å²) in [4.78, 5) is 0. The molecule has 0 radical (unpaired) electrons. The van der Waals surface area contributed by atoms with Gasteiger partial charge >= 0.3 is 0 Å². The fourth-order valence-corrected chi connectivity index (χ4v) is 3.69. The summed E-state index contributed by atoms with van der Waals surface area (Å²) in [7, 11) is -3.25. The van der Waals surface area contributed by atoms with E-state index >= 15 is 0 Å². The average molecular weight is 403 g/mol. The van der Waals surface area contributed by atoms with Gasteiger partial charge in [0.25, 0.3) is 10.1 Å². The highest BCUT2D eigenvalue weighted by Crippen LogP contribution is 2.12. The molecule has 0 spiro atoms. The topological polar surface area (TPSA) is 43.4 Å². The van der Waals surface area contributed by atoms with Gasteiger partial charge in [-0.15, -0.1) is 0 Å². The van der Waals surface area contributed by atoms with Gasteiger partial charge in [-0.2, -0.15) is 8.42 Å². The van der Waals surface area contributed by atoms with Crippen molar-refractivity contribution in [2.75, 3.05) is 12.9 Å². The molecule has 0 aromatic rings. The maximum Gasteiger partial charge on any atom is 0.264 e. The molecule has 0 fully saturated rings. The van der Waals surface area contributed by atoms with Crippen LogP contribution in [0.3, 0.4) is 0 Å². The summed E-state index contributed by atoms with van der Waals surface area (Å²) in [6.45, 7) is 2.61. The van der Waals surface area contributed by atoms with Gasteiger partial charge in [-0.25, -0.2) is 0 Å². The van der Waals surface area contributed by atoms with Crippen LogP contribution in [0.15, 0.2) is 12.2 Å². The number of allylic oxidation sites excluding steroid dienone is 2. The Morgan fingerprint density at radius 1 is 0.593 bits per heavy atom. The van der Waals surface area contributed by atoms with Crippen LogP contribution in [0.4, 0.5) is 0 Å². The summed E-state index contributed by atoms with van der Waals surface area (Å²) in [6, 6.07) is 0. The average Bonchev–Trinajstić information content (AvgIpc) is 2.62. The SMILES string of the molecule is CCCCCCCCC=CCCCCCCCCCCCCOS(C)(=O)=O. The van der Waals surface area contributed by atoms with Gasteiger partial charge in [-0.3, -0.25) is 4.18 Å². The van der Waals surface area contributed by atoms with E-state index in [1.807, 2.05) is 0 Å². The molecule has 4 heteroatoms. The zero-order valence-corrected chi connectivity index (χ0v) is 19.0. The van der Waals surface area contributed by atoms with E-state index in [9.17, 15) is 8.42 Å². The number of hydrogen-bond acceptors (Lipinski definition) is 3. The summed E-state index contributed by atoms with van der Waals surface area (Å²) in [5, 5.41) is 0. The van der Waals surface area contributed by atoms with E-state index in [4.69, 9.17) is 4.18 Å². The predicted molar refractivity (Wildman–Crippen MR) is 119 cm³/mol. The first kappa shape index (κ1) is 26.6. The first-order chi connectivity index (χ1) is 13.1. The van der Waals surface area contributed by atoms with Crippen LogP contribution in [0.25, 0.3) is 0 Å². The Hall–Kier alpha value is -0.350. The molecule has 162 valence electrons. The highest BCUT2D eigenvalue weighted by Gasteiger charge is 2.00. The third-order valence-electron chi connectivity index (χ3n) is 4.95. The van der Waals surface area contributed by atoms with Gasteiger partial charge in [0.15, 0.2) is 0 Å². The maximum absolute atomic E-state index is 10.8. The van der Waals surface area contributed by atoms with Gasteiger partial charge in [0.1, 0.15) is 0 Å². The molecule has 3 nitrogen and oxygen atoms in total. The minimum Gasteiger partial charge on any atom is -0.270 e. The summed E-state index contributed by atoms with van der Waals surface area (Å²) in [5.41, 5.74) is 0. The van der Waals surface area contributed by atoms with Gasteiger partial charge in [0, 0.05) is 0 Å². The lowest BCUT2D eigenvalue weighted by Gasteiger charge is -2.03. The molecule has 0 heterocycles. The fraction of sp³-hybridized carbons (Fsp3) is 0.913. The monoisotopic (exact) mass is 402 g/mol. The Balaban J connectivity index is 3.11. The van der Waals surface area contributed by atoms with Crippen LogP contribution in [0.1, 0.15) is 122 Å². The number of hydrogen-bond donors (Lipinski definition) is 0. The van der Waals surface area contributed by atoms with Gasteiger partial charge in [-0.1, -0.05) is 103 Å². The van der Waals surface area contributed by atoms with Crippen molar-refractivity contribution in [1.82, 2.24) is 0 Å². The van der Waals surface area contributed by atoms with Crippen LogP contribution in [0.2, 0.25) is 0 Å². The molecule has 0 aromatic heterocycles. The molecule has 0 bridgehead atoms. The second-order valence-corrected chi connectivity index (χ2v) is 9.52. The van der Waals surface area contributed by atoms with E-state index in [2.05, 4.69) is 19.1 Å². The van der Waals surface area contributed by atoms with Crippen LogP contribution in [0, 0.1) is 0 Å². The van der Waals surface area contributed by atoms with Crippen LogP contribution in [0.5, 0.6) is 0 Å². The van der Waals surface area contributed by atoms with Crippen molar-refractivity contribution in [2.45, 2.75) is 122 Å². The van der Waals surface area contributed by atoms with Gasteiger partial charge in [0.2, 0.25) is 0 Å². The lowest BCUT2D eigenvalue weighted by molar-refractivity contribution is 0.309. The Bertz CT molecular complexity index is 415. The van der Waals surface area contributed by atoms with Crippen molar-refractivity contribution >= 4 is 10.1 Å². The molecule has 0 amide bonds. The molecule has 0 N–H and O–H groups in total. The first-order valence-electron chi connectivity index (χ1n) is 11.6. The number of unbranched alkanes of at least 4 members (excludes halogenated alkanes) is 16. The third-order valence-corrected chi connectivity index (χ3v) is 5.55.